The van der Waals surface area contributed by atoms with Gasteiger partial charge in [0.25, 0.3) is 0 Å². The minimum Gasteiger partial charge on any atom is -0.467 e. The molecular formula is C16H13F3N2O3. The fraction of sp³-hybridized carbons (Fsp3) is 0.250. The number of furan rings is 1. The molecule has 1 aromatic carbocycles. The van der Waals surface area contributed by atoms with Crippen LogP contribution in [0.4, 0.5) is 18.9 Å². The second-order valence-corrected chi connectivity index (χ2v) is 5.52. The molecule has 0 saturated heterocycles. The number of hydrogen-bond donors (Lipinski definition) is 2. The number of nitrogens with one attached hydrogen (secondary N) is 2. The standard InChI is InChI=1S/C16H13F3N2O3/c17-10-3-4-11(13(19)12(10)18)21-15(23)16(5-6-16)14(22)20-8-9-2-1-7-24-9/h1-4,7H,5-6,8H2,(H,20,22)(H,21,23). The van der Waals surface area contributed by atoms with Crippen molar-refractivity contribution in [1.82, 2.24) is 5.32 Å². The van der Waals surface area contributed by atoms with Gasteiger partial charge in [-0.1, -0.05) is 0 Å². The third-order valence-electron chi connectivity index (χ3n) is 3.91. The molecule has 1 saturated carbocycles. The SMILES string of the molecule is O=C(NCc1ccco1)C1(C(=O)Nc2ccc(F)c(F)c2F)CC1. The van der Waals surface area contributed by atoms with Gasteiger partial charge in [0, 0.05) is 0 Å². The van der Waals surface area contributed by atoms with Gasteiger partial charge in [-0.3, -0.25) is 9.59 Å². The summed E-state index contributed by atoms with van der Waals surface area (Å²) in [5.41, 5.74) is -1.84. The van der Waals surface area contributed by atoms with E-state index in [2.05, 4.69) is 10.6 Å². The molecule has 0 spiro atoms. The topological polar surface area (TPSA) is 71.3 Å². The van der Waals surface area contributed by atoms with Crippen molar-refractivity contribution < 1.29 is 27.2 Å². The van der Waals surface area contributed by atoms with Crippen LogP contribution in [-0.4, -0.2) is 11.8 Å². The van der Waals surface area contributed by atoms with Gasteiger partial charge in [-0.2, -0.15) is 0 Å². The zero-order valence-electron chi connectivity index (χ0n) is 12.4. The van der Waals surface area contributed by atoms with Gasteiger partial charge in [0.15, 0.2) is 17.5 Å². The number of carbonyl (C=O) groups excluding carboxylic acids is 2. The highest BCUT2D eigenvalue weighted by Gasteiger charge is 2.56. The molecule has 2 aromatic rings. The third kappa shape index (κ3) is 2.86. The van der Waals surface area contributed by atoms with Crippen molar-refractivity contribution in [3.63, 3.8) is 0 Å². The van der Waals surface area contributed by atoms with E-state index in [0.29, 0.717) is 11.8 Å². The van der Waals surface area contributed by atoms with E-state index in [-0.39, 0.29) is 19.4 Å². The smallest absolute Gasteiger partial charge is 0.240 e. The Labute approximate surface area is 134 Å². The second kappa shape index (κ2) is 6.03. The highest BCUT2D eigenvalue weighted by Crippen LogP contribution is 2.47. The third-order valence-corrected chi connectivity index (χ3v) is 3.91. The number of hydrogen-bond acceptors (Lipinski definition) is 3. The Hall–Kier alpha value is -2.77. The molecule has 1 fully saturated rings. The van der Waals surface area contributed by atoms with E-state index < -0.39 is 40.4 Å². The summed E-state index contributed by atoms with van der Waals surface area (Å²) in [6, 6.07) is 4.93. The van der Waals surface area contributed by atoms with Gasteiger partial charge in [-0.05, 0) is 37.1 Å². The molecular weight excluding hydrogens is 325 g/mol. The summed E-state index contributed by atoms with van der Waals surface area (Å²) in [4.78, 5) is 24.5. The van der Waals surface area contributed by atoms with Crippen LogP contribution in [0.3, 0.4) is 0 Å². The van der Waals surface area contributed by atoms with E-state index in [1.165, 1.54) is 6.26 Å². The first-order valence-electron chi connectivity index (χ1n) is 7.20. The fourth-order valence-electron chi connectivity index (χ4n) is 2.30. The number of rotatable bonds is 5. The van der Waals surface area contributed by atoms with Crippen LogP contribution in [0.2, 0.25) is 0 Å². The Morgan fingerprint density at radius 2 is 1.83 bits per heavy atom. The summed E-state index contributed by atoms with van der Waals surface area (Å²) in [5.74, 6) is -5.31. The van der Waals surface area contributed by atoms with Crippen LogP contribution >= 0.6 is 0 Å². The predicted octanol–water partition coefficient (Wildman–Crippen LogP) is 2.73. The molecule has 3 rings (SSSR count). The number of benzene rings is 1. The maximum atomic E-state index is 13.6. The van der Waals surface area contributed by atoms with Crippen molar-refractivity contribution >= 4 is 17.5 Å². The quantitative estimate of drug-likeness (QED) is 0.650. The fourth-order valence-corrected chi connectivity index (χ4v) is 2.30. The van der Waals surface area contributed by atoms with E-state index in [4.69, 9.17) is 4.42 Å². The number of anilines is 1. The summed E-state index contributed by atoms with van der Waals surface area (Å²) in [6.45, 7) is 0.112. The van der Waals surface area contributed by atoms with Gasteiger partial charge in [0.2, 0.25) is 11.8 Å². The number of carbonyl (C=O) groups is 2. The van der Waals surface area contributed by atoms with E-state index in [1.54, 1.807) is 12.1 Å². The average molecular weight is 338 g/mol. The van der Waals surface area contributed by atoms with Crippen LogP contribution in [0.1, 0.15) is 18.6 Å². The first-order chi connectivity index (χ1) is 11.4. The van der Waals surface area contributed by atoms with Crippen LogP contribution in [0.15, 0.2) is 34.9 Å². The molecule has 0 unspecified atom stereocenters. The number of halogens is 3. The van der Waals surface area contributed by atoms with Crippen molar-refractivity contribution in [2.45, 2.75) is 19.4 Å². The van der Waals surface area contributed by atoms with Gasteiger partial charge in [0.1, 0.15) is 11.2 Å². The molecule has 0 aliphatic heterocycles. The lowest BCUT2D eigenvalue weighted by molar-refractivity contribution is -0.134. The molecule has 0 radical (unpaired) electrons. The molecule has 24 heavy (non-hydrogen) atoms. The Bertz CT molecular complexity index is 786. The number of amides is 2. The van der Waals surface area contributed by atoms with Crippen molar-refractivity contribution in [3.05, 3.63) is 53.7 Å². The molecule has 0 bridgehead atoms. The molecule has 1 aliphatic rings. The molecule has 5 nitrogen and oxygen atoms in total. The molecule has 2 N–H and O–H groups in total. The van der Waals surface area contributed by atoms with Gasteiger partial charge in [-0.25, -0.2) is 13.2 Å². The lowest BCUT2D eigenvalue weighted by Gasteiger charge is -2.15. The van der Waals surface area contributed by atoms with Crippen molar-refractivity contribution in [2.75, 3.05) is 5.32 Å². The van der Waals surface area contributed by atoms with Crippen LogP contribution in [0.25, 0.3) is 0 Å². The van der Waals surface area contributed by atoms with Crippen LogP contribution in [-0.2, 0) is 16.1 Å². The first kappa shape index (κ1) is 16.1. The monoisotopic (exact) mass is 338 g/mol. The van der Waals surface area contributed by atoms with Gasteiger partial charge in [0.05, 0.1) is 18.5 Å². The Morgan fingerprint density at radius 1 is 1.08 bits per heavy atom. The van der Waals surface area contributed by atoms with Crippen LogP contribution < -0.4 is 10.6 Å². The summed E-state index contributed by atoms with van der Waals surface area (Å²) in [6.07, 6.45) is 2.02. The molecule has 2 amide bonds. The maximum Gasteiger partial charge on any atom is 0.240 e. The average Bonchev–Trinajstić information content (AvgIpc) is 3.23. The molecule has 8 heteroatoms. The Kier molecular flexibility index (Phi) is 4.04. The summed E-state index contributed by atoms with van der Waals surface area (Å²) < 4.78 is 44.8. The highest BCUT2D eigenvalue weighted by atomic mass is 19.2. The normalized spacial score (nSPS) is 15.0. The van der Waals surface area contributed by atoms with Gasteiger partial charge >= 0.3 is 0 Å². The van der Waals surface area contributed by atoms with Gasteiger partial charge in [-0.15, -0.1) is 0 Å². The van der Waals surface area contributed by atoms with Crippen LogP contribution in [0.5, 0.6) is 0 Å². The van der Waals surface area contributed by atoms with E-state index in [1.807, 2.05) is 0 Å². The van der Waals surface area contributed by atoms with E-state index in [0.717, 1.165) is 6.07 Å². The minimum absolute atomic E-state index is 0.112. The lowest BCUT2D eigenvalue weighted by atomic mass is 10.0. The zero-order valence-corrected chi connectivity index (χ0v) is 12.4. The first-order valence-corrected chi connectivity index (χ1v) is 7.20. The molecule has 0 atom stereocenters. The second-order valence-electron chi connectivity index (χ2n) is 5.52. The molecule has 1 aromatic heterocycles. The van der Waals surface area contributed by atoms with Crippen molar-refractivity contribution in [2.24, 2.45) is 5.41 Å². The summed E-state index contributed by atoms with van der Waals surface area (Å²) in [7, 11) is 0. The lowest BCUT2D eigenvalue weighted by Crippen LogP contribution is -2.39. The molecule has 1 aliphatic carbocycles. The molecule has 126 valence electrons. The maximum absolute atomic E-state index is 13.6. The van der Waals surface area contributed by atoms with Crippen molar-refractivity contribution in [1.29, 1.82) is 0 Å². The molecule has 1 heterocycles. The summed E-state index contributed by atoms with van der Waals surface area (Å²) in [5, 5.41) is 4.72. The Morgan fingerprint density at radius 3 is 2.46 bits per heavy atom. The predicted molar refractivity (Wildman–Crippen MR) is 77.2 cm³/mol. The van der Waals surface area contributed by atoms with Gasteiger partial charge < -0.3 is 15.1 Å². The minimum atomic E-state index is -1.68. The van der Waals surface area contributed by atoms with E-state index in [9.17, 15) is 22.8 Å². The Balaban J connectivity index is 1.68. The zero-order chi connectivity index (χ0) is 17.3. The van der Waals surface area contributed by atoms with E-state index >= 15 is 0 Å². The highest BCUT2D eigenvalue weighted by molar-refractivity contribution is 6.13. The summed E-state index contributed by atoms with van der Waals surface area (Å²) >= 11 is 0. The van der Waals surface area contributed by atoms with Crippen LogP contribution in [0, 0.1) is 22.9 Å². The largest absolute Gasteiger partial charge is 0.467 e. The van der Waals surface area contributed by atoms with Crippen molar-refractivity contribution in [3.8, 4) is 0 Å².